The molecule has 0 aromatic heterocycles. The Kier molecular flexibility index (Phi) is 1.66. The number of aliphatic hydroxyl groups is 1. The maximum atomic E-state index is 10.6. The molecule has 0 radical (unpaired) electrons. The second kappa shape index (κ2) is 2.14. The second-order valence-corrected chi connectivity index (χ2v) is 3.81. The van der Waals surface area contributed by atoms with Crippen LogP contribution in [0.2, 0.25) is 0 Å². The van der Waals surface area contributed by atoms with Gasteiger partial charge in [-0.15, -0.1) is 0 Å². The summed E-state index contributed by atoms with van der Waals surface area (Å²) in [4.78, 5) is 10.6. The molecule has 0 aliphatic carbocycles. The molecule has 1 N–H and O–H groups in total. The minimum Gasteiger partial charge on any atom is -0.629 e. The van der Waals surface area contributed by atoms with Crippen LogP contribution >= 0.6 is 7.77 Å². The summed E-state index contributed by atoms with van der Waals surface area (Å²) in [6.07, 6.45) is 1.57. The van der Waals surface area contributed by atoms with Crippen molar-refractivity contribution in [3.63, 3.8) is 0 Å². The van der Waals surface area contributed by atoms with Crippen LogP contribution in [0.15, 0.2) is 0 Å². The standard InChI is InChI=1S/C5H9O2P/c1-4-2-3-8(7)5(4)6/h4,6H,2-3H2,1H3. The normalized spacial score (nSPS) is 34.1. The van der Waals surface area contributed by atoms with Crippen LogP contribution in [0.25, 0.3) is 0 Å². The first-order chi connectivity index (χ1) is 3.72. The number of aliphatic hydroxyl groups excluding tert-OH is 1. The van der Waals surface area contributed by atoms with Crippen LogP contribution in [0.1, 0.15) is 13.3 Å². The Hall–Kier alpha value is 0.0900. The van der Waals surface area contributed by atoms with Gasteiger partial charge in [0.2, 0.25) is 5.48 Å². The van der Waals surface area contributed by atoms with Crippen LogP contribution in [-0.4, -0.2) is 16.7 Å². The predicted octanol–water partition coefficient (Wildman–Crippen LogP) is 0.286. The van der Waals surface area contributed by atoms with E-state index in [2.05, 4.69) is 0 Å². The van der Waals surface area contributed by atoms with Gasteiger partial charge in [-0.05, 0) is 0 Å². The lowest BCUT2D eigenvalue weighted by Gasteiger charge is -1.92. The highest BCUT2D eigenvalue weighted by atomic mass is 31.1. The van der Waals surface area contributed by atoms with Gasteiger partial charge in [0.25, 0.3) is 0 Å². The van der Waals surface area contributed by atoms with Gasteiger partial charge in [0.05, 0.1) is 7.77 Å². The molecule has 8 heavy (non-hydrogen) atoms. The molecule has 0 amide bonds. The van der Waals surface area contributed by atoms with Crippen LogP contribution in [0, 0.1) is 5.92 Å². The SMILES string of the molecule is CC1CC[P+]([O-])=C1O. The molecule has 0 saturated heterocycles. The van der Waals surface area contributed by atoms with Crippen LogP contribution in [-0.2, 0) is 0 Å². The first-order valence-corrected chi connectivity index (χ1v) is 4.17. The molecule has 0 saturated carbocycles. The molecule has 1 rings (SSSR count). The zero-order valence-electron chi connectivity index (χ0n) is 4.79. The molecule has 1 heterocycles. The summed E-state index contributed by atoms with van der Waals surface area (Å²) < 4.78 is 0. The van der Waals surface area contributed by atoms with E-state index >= 15 is 0 Å². The van der Waals surface area contributed by atoms with Crippen molar-refractivity contribution in [2.24, 2.45) is 5.92 Å². The highest BCUT2D eigenvalue weighted by molar-refractivity contribution is 7.51. The van der Waals surface area contributed by atoms with Crippen LogP contribution in [0.5, 0.6) is 0 Å². The van der Waals surface area contributed by atoms with Crippen molar-refractivity contribution in [1.82, 2.24) is 0 Å². The summed E-state index contributed by atoms with van der Waals surface area (Å²) in [6, 6.07) is 0. The van der Waals surface area contributed by atoms with Gasteiger partial charge in [-0.3, -0.25) is 0 Å². The van der Waals surface area contributed by atoms with E-state index in [9.17, 15) is 4.89 Å². The van der Waals surface area contributed by atoms with Crippen molar-refractivity contribution < 1.29 is 10.00 Å². The second-order valence-electron chi connectivity index (χ2n) is 2.15. The van der Waals surface area contributed by atoms with Crippen LogP contribution in [0.3, 0.4) is 0 Å². The molecular weight excluding hydrogens is 123 g/mol. The van der Waals surface area contributed by atoms with Gasteiger partial charge in [0.1, 0.15) is 6.16 Å². The maximum absolute atomic E-state index is 10.6. The molecule has 3 heteroatoms. The predicted molar refractivity (Wildman–Crippen MR) is 32.5 cm³/mol. The smallest absolute Gasteiger partial charge is 0.221 e. The Balaban J connectivity index is 2.71. The molecule has 0 aromatic carbocycles. The fourth-order valence-corrected chi connectivity index (χ4v) is 2.27. The highest BCUT2D eigenvalue weighted by Gasteiger charge is 2.23. The Labute approximate surface area is 49.6 Å². The van der Waals surface area contributed by atoms with E-state index in [0.717, 1.165) is 6.42 Å². The lowest BCUT2D eigenvalue weighted by molar-refractivity contribution is -0.152. The fourth-order valence-electron chi connectivity index (χ4n) is 0.800. The summed E-state index contributed by atoms with van der Waals surface area (Å²) in [5.41, 5.74) is 0.222. The third-order valence-electron chi connectivity index (χ3n) is 1.46. The maximum Gasteiger partial charge on any atom is 0.221 e. The number of hydrogen-bond donors (Lipinski definition) is 1. The van der Waals surface area contributed by atoms with E-state index in [-0.39, 0.29) is 11.4 Å². The zero-order chi connectivity index (χ0) is 6.15. The van der Waals surface area contributed by atoms with Crippen molar-refractivity contribution in [3.8, 4) is 0 Å². The van der Waals surface area contributed by atoms with Gasteiger partial charge in [-0.1, -0.05) is 6.92 Å². The molecule has 46 valence electrons. The molecule has 0 aromatic rings. The minimum absolute atomic E-state index is 0.179. The average Bonchev–Trinajstić information content (AvgIpc) is 1.98. The van der Waals surface area contributed by atoms with Gasteiger partial charge in [-0.25, -0.2) is 0 Å². The lowest BCUT2D eigenvalue weighted by Crippen LogP contribution is -2.03. The van der Waals surface area contributed by atoms with E-state index in [1.165, 1.54) is 0 Å². The number of rotatable bonds is 0. The molecule has 0 fully saturated rings. The average molecular weight is 132 g/mol. The molecule has 0 bridgehead atoms. The Bertz CT molecular complexity index is 130. The molecular formula is C5H9O2P. The van der Waals surface area contributed by atoms with Crippen LogP contribution in [0.4, 0.5) is 0 Å². The quantitative estimate of drug-likeness (QED) is 0.481. The lowest BCUT2D eigenvalue weighted by atomic mass is 10.1. The van der Waals surface area contributed by atoms with Crippen molar-refractivity contribution in [3.05, 3.63) is 0 Å². The molecule has 2 nitrogen and oxygen atoms in total. The van der Waals surface area contributed by atoms with Crippen molar-refractivity contribution in [1.29, 1.82) is 0 Å². The van der Waals surface area contributed by atoms with Crippen molar-refractivity contribution in [2.75, 3.05) is 6.16 Å². The topological polar surface area (TPSA) is 43.3 Å². The summed E-state index contributed by atoms with van der Waals surface area (Å²) >= 11 is 0. The number of hydrogen-bond acceptors (Lipinski definition) is 1. The summed E-state index contributed by atoms with van der Waals surface area (Å²) in [5.74, 6) is 0.179. The third kappa shape index (κ3) is 0.921. The first kappa shape index (κ1) is 6.21. The summed E-state index contributed by atoms with van der Waals surface area (Å²) in [7, 11) is -1.34. The molecule has 2 atom stereocenters. The Morgan fingerprint density at radius 3 is 2.62 bits per heavy atom. The Morgan fingerprint density at radius 2 is 2.50 bits per heavy atom. The van der Waals surface area contributed by atoms with Gasteiger partial charge in [0.15, 0.2) is 0 Å². The van der Waals surface area contributed by atoms with Crippen LogP contribution < -0.4 is 4.89 Å². The fraction of sp³-hybridized carbons (Fsp3) is 0.800. The van der Waals surface area contributed by atoms with Crippen molar-refractivity contribution in [2.45, 2.75) is 13.3 Å². The summed E-state index contributed by atoms with van der Waals surface area (Å²) in [6.45, 7) is 1.90. The highest BCUT2D eigenvalue weighted by Crippen LogP contribution is 2.28. The zero-order valence-corrected chi connectivity index (χ0v) is 5.69. The van der Waals surface area contributed by atoms with Gasteiger partial charge >= 0.3 is 0 Å². The molecule has 1 aliphatic heterocycles. The first-order valence-electron chi connectivity index (χ1n) is 2.72. The monoisotopic (exact) mass is 132 g/mol. The van der Waals surface area contributed by atoms with E-state index < -0.39 is 7.77 Å². The van der Waals surface area contributed by atoms with E-state index in [1.807, 2.05) is 6.92 Å². The molecule has 2 unspecified atom stereocenters. The third-order valence-corrected chi connectivity index (χ3v) is 3.08. The minimum atomic E-state index is -1.34. The van der Waals surface area contributed by atoms with E-state index in [0.29, 0.717) is 6.16 Å². The molecule has 1 aliphatic rings. The van der Waals surface area contributed by atoms with E-state index in [4.69, 9.17) is 5.11 Å². The van der Waals surface area contributed by atoms with Crippen molar-refractivity contribution >= 4 is 13.3 Å². The van der Waals surface area contributed by atoms with Gasteiger partial charge < -0.3 is 10.00 Å². The van der Waals surface area contributed by atoms with E-state index in [1.54, 1.807) is 0 Å². The summed E-state index contributed by atoms with van der Waals surface area (Å²) in [5, 5.41) is 8.90. The van der Waals surface area contributed by atoms with Gasteiger partial charge in [0, 0.05) is 12.3 Å². The Morgan fingerprint density at radius 1 is 1.88 bits per heavy atom. The largest absolute Gasteiger partial charge is 0.629 e. The molecule has 0 spiro atoms. The van der Waals surface area contributed by atoms with Gasteiger partial charge in [-0.2, -0.15) is 0 Å².